The second kappa shape index (κ2) is 7.35. The smallest absolute Gasteiger partial charge is 0.313 e. The first-order valence-corrected chi connectivity index (χ1v) is 7.22. The second-order valence-corrected chi connectivity index (χ2v) is 5.20. The van der Waals surface area contributed by atoms with Crippen molar-refractivity contribution in [1.29, 1.82) is 0 Å². The third kappa shape index (κ3) is 4.51. The molecule has 0 unspecified atom stereocenters. The molecule has 0 aromatic heterocycles. The number of ketones is 1. The minimum Gasteiger partial charge on any atom is -0.344 e. The number of hydrogen-bond donors (Lipinski definition) is 2. The third-order valence-corrected chi connectivity index (χ3v) is 3.43. The zero-order valence-corrected chi connectivity index (χ0v) is 13.1. The molecular formula is C18H18N2O3. The quantitative estimate of drug-likeness (QED) is 0.673. The van der Waals surface area contributed by atoms with E-state index in [0.717, 1.165) is 11.1 Å². The van der Waals surface area contributed by atoms with Crippen molar-refractivity contribution in [2.24, 2.45) is 0 Å². The number of Topliss-reactive ketones (excluding diaryl/α,β-unsaturated/α-hetero) is 1. The van der Waals surface area contributed by atoms with E-state index in [4.69, 9.17) is 0 Å². The Balaban J connectivity index is 1.95. The van der Waals surface area contributed by atoms with E-state index >= 15 is 0 Å². The van der Waals surface area contributed by atoms with Crippen LogP contribution in [0.3, 0.4) is 0 Å². The minimum atomic E-state index is -0.765. The number of carbonyl (C=O) groups is 3. The SMILES string of the molecule is CC(=O)c1cccc(NC(=O)C(=O)NCc2ccccc2C)c1. The number of nitrogens with one attached hydrogen (secondary N) is 2. The molecule has 2 rings (SSSR count). The monoisotopic (exact) mass is 310 g/mol. The van der Waals surface area contributed by atoms with Crippen molar-refractivity contribution in [3.63, 3.8) is 0 Å². The lowest BCUT2D eigenvalue weighted by Gasteiger charge is -2.09. The fourth-order valence-electron chi connectivity index (χ4n) is 2.07. The number of amides is 2. The summed E-state index contributed by atoms with van der Waals surface area (Å²) in [6.07, 6.45) is 0. The van der Waals surface area contributed by atoms with Crippen molar-refractivity contribution in [2.45, 2.75) is 20.4 Å². The first-order chi connectivity index (χ1) is 11.0. The molecule has 0 atom stereocenters. The minimum absolute atomic E-state index is 0.106. The van der Waals surface area contributed by atoms with Crippen molar-refractivity contribution in [1.82, 2.24) is 5.32 Å². The summed E-state index contributed by atoms with van der Waals surface area (Å²) in [5, 5.41) is 5.06. The lowest BCUT2D eigenvalue weighted by Crippen LogP contribution is -2.35. The van der Waals surface area contributed by atoms with Gasteiger partial charge in [-0.3, -0.25) is 14.4 Å². The average Bonchev–Trinajstić information content (AvgIpc) is 2.54. The van der Waals surface area contributed by atoms with E-state index in [1.807, 2.05) is 31.2 Å². The zero-order chi connectivity index (χ0) is 16.8. The summed E-state index contributed by atoms with van der Waals surface area (Å²) < 4.78 is 0. The van der Waals surface area contributed by atoms with Gasteiger partial charge in [0.15, 0.2) is 5.78 Å². The van der Waals surface area contributed by atoms with E-state index in [-0.39, 0.29) is 12.3 Å². The number of carbonyl (C=O) groups excluding carboxylic acids is 3. The lowest BCUT2D eigenvalue weighted by atomic mass is 10.1. The molecule has 0 aliphatic carbocycles. The fourth-order valence-corrected chi connectivity index (χ4v) is 2.07. The number of hydrogen-bond acceptors (Lipinski definition) is 3. The van der Waals surface area contributed by atoms with Gasteiger partial charge < -0.3 is 10.6 Å². The molecule has 0 fully saturated rings. The van der Waals surface area contributed by atoms with Gasteiger partial charge in [0.1, 0.15) is 0 Å². The normalized spacial score (nSPS) is 10.0. The predicted molar refractivity (Wildman–Crippen MR) is 88.1 cm³/mol. The van der Waals surface area contributed by atoms with Gasteiger partial charge in [0.05, 0.1) is 0 Å². The van der Waals surface area contributed by atoms with Crippen LogP contribution in [0.5, 0.6) is 0 Å². The molecule has 2 N–H and O–H groups in total. The molecule has 0 radical (unpaired) electrons. The molecule has 5 nitrogen and oxygen atoms in total. The second-order valence-electron chi connectivity index (χ2n) is 5.20. The van der Waals surface area contributed by atoms with Crippen LogP contribution in [0.4, 0.5) is 5.69 Å². The van der Waals surface area contributed by atoms with Crippen LogP contribution in [-0.2, 0) is 16.1 Å². The molecule has 2 aromatic rings. The summed E-state index contributed by atoms with van der Waals surface area (Å²) in [5.74, 6) is -1.59. The summed E-state index contributed by atoms with van der Waals surface area (Å²) in [4.78, 5) is 35.1. The highest BCUT2D eigenvalue weighted by molar-refractivity contribution is 6.39. The highest BCUT2D eigenvalue weighted by atomic mass is 16.2. The maximum atomic E-state index is 11.9. The largest absolute Gasteiger partial charge is 0.344 e. The summed E-state index contributed by atoms with van der Waals surface area (Å²) in [5.41, 5.74) is 2.88. The van der Waals surface area contributed by atoms with Crippen molar-refractivity contribution in [3.8, 4) is 0 Å². The Kier molecular flexibility index (Phi) is 5.25. The number of rotatable bonds is 4. The Morgan fingerprint density at radius 1 is 0.957 bits per heavy atom. The highest BCUT2D eigenvalue weighted by Crippen LogP contribution is 2.11. The van der Waals surface area contributed by atoms with Crippen LogP contribution in [0.1, 0.15) is 28.4 Å². The fraction of sp³-hybridized carbons (Fsp3) is 0.167. The first kappa shape index (κ1) is 16.4. The van der Waals surface area contributed by atoms with E-state index in [1.165, 1.54) is 13.0 Å². The summed E-state index contributed by atoms with van der Waals surface area (Å²) in [7, 11) is 0. The number of aryl methyl sites for hydroxylation is 1. The molecule has 118 valence electrons. The Hall–Kier alpha value is -2.95. The Morgan fingerprint density at radius 2 is 1.70 bits per heavy atom. The third-order valence-electron chi connectivity index (χ3n) is 3.43. The van der Waals surface area contributed by atoms with Crippen LogP contribution in [0.25, 0.3) is 0 Å². The maximum Gasteiger partial charge on any atom is 0.313 e. The first-order valence-electron chi connectivity index (χ1n) is 7.22. The maximum absolute atomic E-state index is 11.9. The molecule has 0 saturated carbocycles. The van der Waals surface area contributed by atoms with Crippen LogP contribution in [0.15, 0.2) is 48.5 Å². The van der Waals surface area contributed by atoms with Crippen molar-refractivity contribution >= 4 is 23.3 Å². The zero-order valence-electron chi connectivity index (χ0n) is 13.1. The Bertz CT molecular complexity index is 753. The molecule has 0 saturated heterocycles. The summed E-state index contributed by atoms with van der Waals surface area (Å²) >= 11 is 0. The number of benzene rings is 2. The number of anilines is 1. The van der Waals surface area contributed by atoms with Crippen molar-refractivity contribution < 1.29 is 14.4 Å². The Labute approximate surface area is 134 Å². The van der Waals surface area contributed by atoms with Crippen molar-refractivity contribution in [2.75, 3.05) is 5.32 Å². The van der Waals surface area contributed by atoms with Crippen molar-refractivity contribution in [3.05, 3.63) is 65.2 Å². The van der Waals surface area contributed by atoms with E-state index in [2.05, 4.69) is 10.6 Å². The molecule has 23 heavy (non-hydrogen) atoms. The van der Waals surface area contributed by atoms with Crippen LogP contribution in [-0.4, -0.2) is 17.6 Å². The van der Waals surface area contributed by atoms with Gasteiger partial charge in [-0.15, -0.1) is 0 Å². The van der Waals surface area contributed by atoms with Gasteiger partial charge >= 0.3 is 11.8 Å². The molecule has 2 aromatic carbocycles. The van der Waals surface area contributed by atoms with E-state index in [1.54, 1.807) is 18.2 Å². The molecular weight excluding hydrogens is 292 g/mol. The Morgan fingerprint density at radius 3 is 2.39 bits per heavy atom. The van der Waals surface area contributed by atoms with Gasteiger partial charge in [-0.05, 0) is 37.1 Å². The van der Waals surface area contributed by atoms with Crippen LogP contribution < -0.4 is 10.6 Å². The highest BCUT2D eigenvalue weighted by Gasteiger charge is 2.14. The average molecular weight is 310 g/mol. The molecule has 0 bridgehead atoms. The van der Waals surface area contributed by atoms with E-state index < -0.39 is 11.8 Å². The van der Waals surface area contributed by atoms with Crippen LogP contribution in [0, 0.1) is 6.92 Å². The lowest BCUT2D eigenvalue weighted by molar-refractivity contribution is -0.136. The van der Waals surface area contributed by atoms with Gasteiger partial charge in [0.2, 0.25) is 0 Å². The van der Waals surface area contributed by atoms with Gasteiger partial charge in [-0.2, -0.15) is 0 Å². The van der Waals surface area contributed by atoms with Gasteiger partial charge in [-0.1, -0.05) is 36.4 Å². The predicted octanol–water partition coefficient (Wildman–Crippen LogP) is 2.45. The topological polar surface area (TPSA) is 75.3 Å². The van der Waals surface area contributed by atoms with E-state index in [9.17, 15) is 14.4 Å². The molecule has 2 amide bonds. The molecule has 0 heterocycles. The standard InChI is InChI=1S/C18H18N2O3/c1-12-6-3-4-7-15(12)11-19-17(22)18(23)20-16-9-5-8-14(10-16)13(2)21/h3-10H,11H2,1-2H3,(H,19,22)(H,20,23). The van der Waals surface area contributed by atoms with Gasteiger partial charge in [-0.25, -0.2) is 0 Å². The van der Waals surface area contributed by atoms with E-state index in [0.29, 0.717) is 11.3 Å². The van der Waals surface area contributed by atoms with Gasteiger partial charge in [0, 0.05) is 17.8 Å². The summed E-state index contributed by atoms with van der Waals surface area (Å²) in [6, 6.07) is 14.1. The van der Waals surface area contributed by atoms with Crippen LogP contribution >= 0.6 is 0 Å². The molecule has 5 heteroatoms. The van der Waals surface area contributed by atoms with Gasteiger partial charge in [0.25, 0.3) is 0 Å². The molecule has 0 aliphatic heterocycles. The molecule has 0 spiro atoms. The summed E-state index contributed by atoms with van der Waals surface area (Å²) in [6.45, 7) is 3.66. The molecule has 0 aliphatic rings. The van der Waals surface area contributed by atoms with Crippen LogP contribution in [0.2, 0.25) is 0 Å².